The van der Waals surface area contributed by atoms with Crippen molar-refractivity contribution in [3.05, 3.63) is 71.8 Å². The molecule has 3 atom stereocenters. The van der Waals surface area contributed by atoms with Crippen LogP contribution in [0.2, 0.25) is 0 Å². The smallest absolute Gasteiger partial charge is 0.224 e. The normalized spacial score (nSPS) is 18.6. The van der Waals surface area contributed by atoms with Crippen LogP contribution in [0.1, 0.15) is 24.1 Å². The number of ether oxygens (including phenoxy) is 1. The van der Waals surface area contributed by atoms with Gasteiger partial charge in [0.05, 0.1) is 18.6 Å². The third-order valence-electron chi connectivity index (χ3n) is 5.11. The number of hydrogen-bond acceptors (Lipinski definition) is 4. The first-order valence-corrected chi connectivity index (χ1v) is 9.59. The fraction of sp³-hybridized carbons (Fsp3) is 0.409. The maximum absolute atomic E-state index is 12.5. The van der Waals surface area contributed by atoms with E-state index in [0.29, 0.717) is 13.2 Å². The summed E-state index contributed by atoms with van der Waals surface area (Å²) in [6, 6.07) is 19.9. The molecule has 3 unspecified atom stereocenters. The van der Waals surface area contributed by atoms with Crippen LogP contribution in [0.15, 0.2) is 60.7 Å². The van der Waals surface area contributed by atoms with E-state index in [4.69, 9.17) is 10.5 Å². The van der Waals surface area contributed by atoms with Gasteiger partial charge in [0, 0.05) is 32.2 Å². The second-order valence-corrected chi connectivity index (χ2v) is 7.18. The van der Waals surface area contributed by atoms with Gasteiger partial charge in [-0.05, 0) is 11.1 Å². The van der Waals surface area contributed by atoms with E-state index < -0.39 is 0 Å². The first-order chi connectivity index (χ1) is 13.1. The van der Waals surface area contributed by atoms with Crippen molar-refractivity contribution >= 4 is 30.7 Å². The number of rotatable bonds is 7. The van der Waals surface area contributed by atoms with Crippen molar-refractivity contribution in [1.29, 1.82) is 0 Å². The molecule has 2 aromatic carbocycles. The lowest BCUT2D eigenvalue weighted by molar-refractivity contribution is -0.126. The van der Waals surface area contributed by atoms with E-state index in [2.05, 4.69) is 34.5 Å². The molecule has 7 heteroatoms. The molecule has 160 valence electrons. The molecule has 1 amide bonds. The molecule has 1 fully saturated rings. The molecule has 0 spiro atoms. The van der Waals surface area contributed by atoms with E-state index >= 15 is 0 Å². The number of amides is 1. The molecule has 1 aliphatic rings. The molecule has 0 aliphatic carbocycles. The predicted octanol–water partition coefficient (Wildman–Crippen LogP) is 3.18. The topological polar surface area (TPSA) is 67.6 Å². The third kappa shape index (κ3) is 7.61. The molecule has 1 heterocycles. The lowest BCUT2D eigenvalue weighted by atomic mass is 9.94. The molecule has 2 aromatic rings. The molecular formula is C22H31Cl2N3O2. The van der Waals surface area contributed by atoms with Crippen LogP contribution in [-0.4, -0.2) is 43.2 Å². The lowest BCUT2D eigenvalue weighted by Gasteiger charge is -2.33. The maximum Gasteiger partial charge on any atom is 0.224 e. The van der Waals surface area contributed by atoms with E-state index in [1.807, 2.05) is 43.3 Å². The van der Waals surface area contributed by atoms with E-state index in [1.165, 1.54) is 5.56 Å². The second-order valence-electron chi connectivity index (χ2n) is 7.18. The first-order valence-electron chi connectivity index (χ1n) is 9.59. The quantitative estimate of drug-likeness (QED) is 0.694. The maximum atomic E-state index is 12.5. The fourth-order valence-electron chi connectivity index (χ4n) is 3.39. The summed E-state index contributed by atoms with van der Waals surface area (Å²) in [5.74, 6) is -0.327. The van der Waals surface area contributed by atoms with Crippen LogP contribution in [0.3, 0.4) is 0 Å². The number of hydrogen-bond donors (Lipinski definition) is 2. The minimum Gasteiger partial charge on any atom is -0.374 e. The highest BCUT2D eigenvalue weighted by molar-refractivity contribution is 5.85. The number of nitrogens with two attached hydrogens (primary N) is 1. The van der Waals surface area contributed by atoms with Gasteiger partial charge in [0.1, 0.15) is 0 Å². The Morgan fingerprint density at radius 3 is 2.41 bits per heavy atom. The third-order valence-corrected chi connectivity index (χ3v) is 5.11. The minimum atomic E-state index is -0.312. The van der Waals surface area contributed by atoms with E-state index in [-0.39, 0.29) is 48.8 Å². The van der Waals surface area contributed by atoms with Crippen LogP contribution in [0.4, 0.5) is 0 Å². The summed E-state index contributed by atoms with van der Waals surface area (Å²) >= 11 is 0. The molecule has 1 aliphatic heterocycles. The van der Waals surface area contributed by atoms with Crippen LogP contribution in [0.5, 0.6) is 0 Å². The van der Waals surface area contributed by atoms with Crippen molar-refractivity contribution in [2.24, 2.45) is 11.7 Å². The van der Waals surface area contributed by atoms with Crippen molar-refractivity contribution in [2.45, 2.75) is 25.6 Å². The van der Waals surface area contributed by atoms with Crippen LogP contribution in [0, 0.1) is 5.92 Å². The van der Waals surface area contributed by atoms with Crippen molar-refractivity contribution in [1.82, 2.24) is 10.2 Å². The fourth-order valence-corrected chi connectivity index (χ4v) is 3.39. The summed E-state index contributed by atoms with van der Waals surface area (Å²) in [6.07, 6.45) is 0.00608. The summed E-state index contributed by atoms with van der Waals surface area (Å²) in [4.78, 5) is 14.9. The summed E-state index contributed by atoms with van der Waals surface area (Å²) < 4.78 is 5.83. The zero-order valence-corrected chi connectivity index (χ0v) is 18.3. The molecule has 5 nitrogen and oxygen atoms in total. The predicted molar refractivity (Wildman–Crippen MR) is 121 cm³/mol. The van der Waals surface area contributed by atoms with Crippen LogP contribution < -0.4 is 11.1 Å². The minimum absolute atomic E-state index is 0. The van der Waals surface area contributed by atoms with E-state index in [0.717, 1.165) is 25.2 Å². The number of nitrogens with one attached hydrogen (secondary N) is 1. The zero-order chi connectivity index (χ0) is 19.1. The van der Waals surface area contributed by atoms with Crippen molar-refractivity contribution < 1.29 is 9.53 Å². The Morgan fingerprint density at radius 1 is 1.14 bits per heavy atom. The Kier molecular flexibility index (Phi) is 11.2. The highest BCUT2D eigenvalue weighted by Crippen LogP contribution is 2.19. The van der Waals surface area contributed by atoms with Crippen LogP contribution in [0.25, 0.3) is 0 Å². The van der Waals surface area contributed by atoms with Gasteiger partial charge in [-0.3, -0.25) is 9.69 Å². The van der Waals surface area contributed by atoms with Gasteiger partial charge in [-0.2, -0.15) is 0 Å². The Hall–Kier alpha value is -1.63. The highest BCUT2D eigenvalue weighted by atomic mass is 35.5. The number of carbonyl (C=O) groups excluding carboxylic acids is 1. The van der Waals surface area contributed by atoms with Crippen molar-refractivity contribution in [3.63, 3.8) is 0 Å². The monoisotopic (exact) mass is 439 g/mol. The summed E-state index contributed by atoms with van der Waals surface area (Å²) in [5.41, 5.74) is 8.53. The summed E-state index contributed by atoms with van der Waals surface area (Å²) in [7, 11) is 0. The van der Waals surface area contributed by atoms with Gasteiger partial charge in [0.2, 0.25) is 5.91 Å². The average Bonchev–Trinajstić information content (AvgIpc) is 2.72. The number of benzene rings is 2. The van der Waals surface area contributed by atoms with E-state index in [1.54, 1.807) is 0 Å². The van der Waals surface area contributed by atoms with Gasteiger partial charge >= 0.3 is 0 Å². The first kappa shape index (κ1) is 25.4. The Balaban J connectivity index is 0.00000210. The summed E-state index contributed by atoms with van der Waals surface area (Å²) in [6.45, 7) is 5.70. The molecule has 0 bridgehead atoms. The van der Waals surface area contributed by atoms with Crippen molar-refractivity contribution in [3.8, 4) is 0 Å². The second kappa shape index (κ2) is 12.8. The standard InChI is InChI=1S/C22H29N3O2.2ClH/c1-17(21(23)19-10-6-3-7-11-19)22(26)24-14-20-16-25(12-13-27-20)15-18-8-4-2-5-9-18;;/h2-11,17,20-21H,12-16,23H2,1H3,(H,24,26);2*1H. The summed E-state index contributed by atoms with van der Waals surface area (Å²) in [5, 5.41) is 3.02. The molecule has 3 N–H and O–H groups in total. The SMILES string of the molecule is CC(C(=O)NCC1CN(Cc2ccccc2)CCO1)C(N)c1ccccc1.Cl.Cl. The van der Waals surface area contributed by atoms with Gasteiger partial charge in [-0.1, -0.05) is 67.6 Å². The lowest BCUT2D eigenvalue weighted by Crippen LogP contribution is -2.48. The molecular weight excluding hydrogens is 409 g/mol. The van der Waals surface area contributed by atoms with Crippen LogP contribution >= 0.6 is 24.8 Å². The molecule has 0 saturated carbocycles. The Labute approximate surface area is 185 Å². The Morgan fingerprint density at radius 2 is 1.76 bits per heavy atom. The van der Waals surface area contributed by atoms with Gasteiger partial charge in [0.15, 0.2) is 0 Å². The van der Waals surface area contributed by atoms with Gasteiger partial charge < -0.3 is 15.8 Å². The molecule has 1 saturated heterocycles. The highest BCUT2D eigenvalue weighted by Gasteiger charge is 2.25. The van der Waals surface area contributed by atoms with Gasteiger partial charge in [-0.15, -0.1) is 24.8 Å². The molecule has 3 rings (SSSR count). The Bertz CT molecular complexity index is 719. The van der Waals surface area contributed by atoms with Crippen LogP contribution in [-0.2, 0) is 16.1 Å². The average molecular weight is 440 g/mol. The number of carbonyl (C=O) groups is 1. The van der Waals surface area contributed by atoms with Crippen molar-refractivity contribution in [2.75, 3.05) is 26.2 Å². The van der Waals surface area contributed by atoms with E-state index in [9.17, 15) is 4.79 Å². The number of morpholine rings is 1. The molecule has 0 radical (unpaired) electrons. The molecule has 0 aromatic heterocycles. The number of halogens is 2. The largest absolute Gasteiger partial charge is 0.374 e. The zero-order valence-electron chi connectivity index (χ0n) is 16.7. The number of nitrogens with zero attached hydrogens (tertiary/aromatic N) is 1. The molecule has 29 heavy (non-hydrogen) atoms. The van der Waals surface area contributed by atoms with Gasteiger partial charge in [-0.25, -0.2) is 0 Å². The van der Waals surface area contributed by atoms with Gasteiger partial charge in [0.25, 0.3) is 0 Å².